The Bertz CT molecular complexity index is 1110. The Hall–Kier alpha value is -2.79. The molecular weight excluding hydrogens is 474 g/mol. The molecule has 0 aliphatic carbocycles. The van der Waals surface area contributed by atoms with Crippen molar-refractivity contribution in [1.82, 2.24) is 20.2 Å². The summed E-state index contributed by atoms with van der Waals surface area (Å²) in [5.41, 5.74) is 2.26. The number of thioether (sulfide) groups is 1. The smallest absolute Gasteiger partial charge is 0.309 e. The lowest BCUT2D eigenvalue weighted by Gasteiger charge is -2.31. The molecule has 0 saturated carbocycles. The van der Waals surface area contributed by atoms with E-state index in [0.29, 0.717) is 18.9 Å². The number of hydrazone groups is 1. The van der Waals surface area contributed by atoms with Crippen LogP contribution in [0.15, 0.2) is 28.7 Å². The summed E-state index contributed by atoms with van der Waals surface area (Å²) in [6.45, 7) is 4.44. The molecule has 3 aliphatic rings. The van der Waals surface area contributed by atoms with Gasteiger partial charge in [-0.05, 0) is 55.3 Å². The van der Waals surface area contributed by atoms with E-state index in [4.69, 9.17) is 9.47 Å². The van der Waals surface area contributed by atoms with Gasteiger partial charge in [-0.1, -0.05) is 0 Å². The number of esters is 1. The fourth-order valence-corrected chi connectivity index (χ4v) is 6.10. The van der Waals surface area contributed by atoms with Gasteiger partial charge in [-0.2, -0.15) is 0 Å². The minimum atomic E-state index is -0.312. The first-order valence-electron chi connectivity index (χ1n) is 11.4. The molecule has 1 fully saturated rings. The van der Waals surface area contributed by atoms with Crippen LogP contribution in [-0.2, 0) is 16.0 Å². The van der Waals surface area contributed by atoms with Gasteiger partial charge in [0.05, 0.1) is 19.1 Å². The fourth-order valence-electron chi connectivity index (χ4n) is 4.23. The van der Waals surface area contributed by atoms with E-state index in [2.05, 4.69) is 26.4 Å². The summed E-state index contributed by atoms with van der Waals surface area (Å²) in [4.78, 5) is 31.6. The van der Waals surface area contributed by atoms with Crippen molar-refractivity contribution in [3.8, 4) is 16.3 Å². The highest BCUT2D eigenvalue weighted by Crippen LogP contribution is 2.32. The van der Waals surface area contributed by atoms with Crippen LogP contribution in [0.3, 0.4) is 0 Å². The van der Waals surface area contributed by atoms with E-state index in [1.807, 2.05) is 26.1 Å². The van der Waals surface area contributed by atoms with Crippen LogP contribution < -0.4 is 10.1 Å². The number of fused-ring (bicyclic) bond motifs is 1. The molecule has 1 saturated heterocycles. The van der Waals surface area contributed by atoms with Crippen molar-refractivity contribution in [2.24, 2.45) is 11.0 Å². The Kier molecular flexibility index (Phi) is 6.64. The number of carbonyl (C=O) groups excluding carboxylic acids is 2. The van der Waals surface area contributed by atoms with Crippen molar-refractivity contribution >= 4 is 40.1 Å². The second-order valence-electron chi connectivity index (χ2n) is 8.37. The highest BCUT2D eigenvalue weighted by atomic mass is 32.2. The van der Waals surface area contributed by atoms with E-state index in [9.17, 15) is 9.59 Å². The number of likely N-dealkylation sites (tertiary alicyclic amines) is 1. The molecule has 1 unspecified atom stereocenters. The molecule has 3 aliphatic heterocycles. The third-order valence-electron chi connectivity index (χ3n) is 6.11. The number of benzene rings is 1. The summed E-state index contributed by atoms with van der Waals surface area (Å²) >= 11 is 2.96. The lowest BCUT2D eigenvalue weighted by atomic mass is 9.97. The van der Waals surface area contributed by atoms with Crippen LogP contribution in [0.2, 0.25) is 0 Å². The number of thiazole rings is 1. The molecule has 180 valence electrons. The standard InChI is InChI=1S/C23H27N5O4S2/c1-3-31-21(30)14-6-9-28(10-7-14)23-26-27(2)22(34-23)25-19(29)17-13-33-20(24-17)16-4-5-18-15(12-16)8-11-32-18/h4-5,12-14,22H,3,6-11H2,1-2H3,(H,25,29). The zero-order valence-electron chi connectivity index (χ0n) is 19.2. The zero-order chi connectivity index (χ0) is 23.7. The summed E-state index contributed by atoms with van der Waals surface area (Å²) in [7, 11) is 1.84. The zero-order valence-corrected chi connectivity index (χ0v) is 20.8. The topological polar surface area (TPSA) is 96.4 Å². The van der Waals surface area contributed by atoms with Crippen LogP contribution >= 0.6 is 23.1 Å². The van der Waals surface area contributed by atoms with E-state index in [0.717, 1.165) is 53.8 Å². The molecule has 0 bridgehead atoms. The summed E-state index contributed by atoms with van der Waals surface area (Å²) in [6.07, 6.45) is 2.39. The van der Waals surface area contributed by atoms with E-state index < -0.39 is 0 Å². The highest BCUT2D eigenvalue weighted by molar-refractivity contribution is 8.14. The molecule has 1 aromatic heterocycles. The second kappa shape index (κ2) is 9.83. The number of rotatable bonds is 5. The molecule has 1 atom stereocenters. The van der Waals surface area contributed by atoms with Crippen LogP contribution in [0.25, 0.3) is 10.6 Å². The van der Waals surface area contributed by atoms with Crippen molar-refractivity contribution in [2.45, 2.75) is 31.7 Å². The van der Waals surface area contributed by atoms with Gasteiger partial charge >= 0.3 is 5.97 Å². The van der Waals surface area contributed by atoms with Gasteiger partial charge in [0.2, 0.25) is 0 Å². The van der Waals surface area contributed by atoms with Gasteiger partial charge in [0, 0.05) is 37.5 Å². The number of nitrogens with zero attached hydrogens (tertiary/aromatic N) is 4. The van der Waals surface area contributed by atoms with Gasteiger partial charge in [0.25, 0.3) is 5.91 Å². The number of carbonyl (C=O) groups is 2. The summed E-state index contributed by atoms with van der Waals surface area (Å²) in [5.74, 6) is 0.545. The molecule has 4 heterocycles. The Morgan fingerprint density at radius 3 is 2.91 bits per heavy atom. The molecule has 5 rings (SSSR count). The molecule has 1 N–H and O–H groups in total. The van der Waals surface area contributed by atoms with Crippen LogP contribution in [0.4, 0.5) is 0 Å². The van der Waals surface area contributed by atoms with Gasteiger partial charge < -0.3 is 19.7 Å². The van der Waals surface area contributed by atoms with Gasteiger partial charge in [0.1, 0.15) is 16.5 Å². The minimum Gasteiger partial charge on any atom is -0.493 e. The number of amides is 1. The summed E-state index contributed by atoms with van der Waals surface area (Å²) in [5, 5.41) is 12.8. The molecule has 0 radical (unpaired) electrons. The minimum absolute atomic E-state index is 0.0477. The van der Waals surface area contributed by atoms with Crippen molar-refractivity contribution in [2.75, 3.05) is 33.4 Å². The summed E-state index contributed by atoms with van der Waals surface area (Å²) in [6, 6.07) is 6.04. The molecule has 9 nitrogen and oxygen atoms in total. The van der Waals surface area contributed by atoms with E-state index in [1.165, 1.54) is 28.7 Å². The van der Waals surface area contributed by atoms with E-state index in [1.54, 1.807) is 10.4 Å². The first-order valence-corrected chi connectivity index (χ1v) is 13.2. The Morgan fingerprint density at radius 1 is 1.29 bits per heavy atom. The molecule has 1 amide bonds. The number of hydrogen-bond acceptors (Lipinski definition) is 10. The molecular formula is C23H27N5O4S2. The van der Waals surface area contributed by atoms with Crippen LogP contribution in [0.1, 0.15) is 35.8 Å². The second-order valence-corrected chi connectivity index (χ2v) is 10.3. The average Bonchev–Trinajstić information content (AvgIpc) is 3.59. The maximum absolute atomic E-state index is 12.9. The largest absolute Gasteiger partial charge is 0.493 e. The number of hydrogen-bond donors (Lipinski definition) is 1. The fraction of sp³-hybridized carbons (Fsp3) is 0.478. The normalized spacial score (nSPS) is 20.1. The van der Waals surface area contributed by atoms with Gasteiger partial charge in [-0.3, -0.25) is 14.6 Å². The Labute approximate surface area is 206 Å². The lowest BCUT2D eigenvalue weighted by molar-refractivity contribution is -0.149. The van der Waals surface area contributed by atoms with E-state index in [-0.39, 0.29) is 23.3 Å². The van der Waals surface area contributed by atoms with Crippen molar-refractivity contribution < 1.29 is 19.1 Å². The van der Waals surface area contributed by atoms with Gasteiger partial charge in [-0.25, -0.2) is 4.98 Å². The van der Waals surface area contributed by atoms with E-state index >= 15 is 0 Å². The predicted molar refractivity (Wildman–Crippen MR) is 132 cm³/mol. The number of aromatic nitrogens is 1. The average molecular weight is 502 g/mol. The highest BCUT2D eigenvalue weighted by Gasteiger charge is 2.33. The van der Waals surface area contributed by atoms with Crippen LogP contribution in [0.5, 0.6) is 5.75 Å². The van der Waals surface area contributed by atoms with Crippen LogP contribution in [-0.4, -0.2) is 70.8 Å². The quantitative estimate of drug-likeness (QED) is 0.625. The third kappa shape index (κ3) is 4.72. The Morgan fingerprint density at radius 2 is 2.12 bits per heavy atom. The van der Waals surface area contributed by atoms with Crippen molar-refractivity contribution in [1.29, 1.82) is 0 Å². The number of piperidine rings is 1. The SMILES string of the molecule is CCOC(=O)C1CCN(C2=NN(C)C(NC(=O)c3csc(-c4ccc5c(c4)CCO5)n3)S2)CC1. The van der Waals surface area contributed by atoms with Gasteiger partial charge in [0.15, 0.2) is 10.7 Å². The monoisotopic (exact) mass is 501 g/mol. The molecule has 11 heteroatoms. The predicted octanol–water partition coefficient (Wildman–Crippen LogP) is 2.98. The first kappa shape index (κ1) is 23.0. The molecule has 0 spiro atoms. The number of nitrogens with one attached hydrogen (secondary N) is 1. The van der Waals surface area contributed by atoms with Gasteiger partial charge in [-0.15, -0.1) is 16.4 Å². The maximum Gasteiger partial charge on any atom is 0.309 e. The third-order valence-corrected chi connectivity index (χ3v) is 8.20. The van der Waals surface area contributed by atoms with Crippen LogP contribution in [0, 0.1) is 5.92 Å². The maximum atomic E-state index is 12.9. The summed E-state index contributed by atoms with van der Waals surface area (Å²) < 4.78 is 10.7. The van der Waals surface area contributed by atoms with Crippen molar-refractivity contribution in [3.63, 3.8) is 0 Å². The number of amidine groups is 1. The Balaban J connectivity index is 1.16. The van der Waals surface area contributed by atoms with Crippen molar-refractivity contribution in [3.05, 3.63) is 34.8 Å². The molecule has 34 heavy (non-hydrogen) atoms. The first-order chi connectivity index (χ1) is 16.5. The molecule has 2 aromatic rings. The lowest BCUT2D eigenvalue weighted by Crippen LogP contribution is -2.41. The molecule has 1 aromatic carbocycles. The number of ether oxygens (including phenoxy) is 2.